The van der Waals surface area contributed by atoms with Gasteiger partial charge in [0.15, 0.2) is 11.9 Å². The molecule has 23 heteroatoms. The van der Waals surface area contributed by atoms with Gasteiger partial charge in [-0.1, -0.05) is 24.6 Å². The molecule has 2 aromatic rings. The number of aromatic amines is 1. The van der Waals surface area contributed by atoms with Gasteiger partial charge in [-0.2, -0.15) is 0 Å². The number of nitrogens with zero attached hydrogens (tertiary/aromatic N) is 2. The Kier molecular flexibility index (Phi) is 25.5. The summed E-state index contributed by atoms with van der Waals surface area (Å²) in [6.45, 7) is 1.34. The van der Waals surface area contributed by atoms with Crippen molar-refractivity contribution < 1.29 is 33.9 Å². The van der Waals surface area contributed by atoms with Crippen LogP contribution in [0.5, 0.6) is 0 Å². The first-order valence-electron chi connectivity index (χ1n) is 21.9. The van der Waals surface area contributed by atoms with Crippen molar-refractivity contribution in [3.05, 3.63) is 36.0 Å². The average Bonchev–Trinajstić information content (AvgIpc) is 3.66. The quantitative estimate of drug-likeness (QED) is 0.0193. The summed E-state index contributed by atoms with van der Waals surface area (Å²) in [4.78, 5) is 92.8. The molecule has 1 heterocycles. The minimum atomic E-state index is -1.32. The van der Waals surface area contributed by atoms with Crippen molar-refractivity contribution in [2.45, 2.75) is 126 Å². The van der Waals surface area contributed by atoms with Crippen LogP contribution in [0.1, 0.15) is 89.0 Å². The van der Waals surface area contributed by atoms with E-state index in [0.29, 0.717) is 70.1 Å². The summed E-state index contributed by atoms with van der Waals surface area (Å²) in [6, 6.07) is 0.198. The number of nitrogens with two attached hydrogens (primary N) is 8. The molecular weight excluding hydrogens is 829 g/mol. The molecule has 23 nitrogen and oxygen atoms in total. The van der Waals surface area contributed by atoms with Gasteiger partial charge in [0, 0.05) is 36.6 Å². The Morgan fingerprint density at radius 1 is 0.547 bits per heavy atom. The number of carboxylic acids is 1. The number of guanidine groups is 2. The summed E-state index contributed by atoms with van der Waals surface area (Å²) in [5, 5.41) is 24.1. The van der Waals surface area contributed by atoms with Crippen LogP contribution in [0.2, 0.25) is 0 Å². The third-order valence-corrected chi connectivity index (χ3v) is 10.3. The lowest BCUT2D eigenvalue weighted by molar-refractivity contribution is -0.142. The molecule has 0 spiro atoms. The number of carboxylic acid groups (broad SMARTS) is 1. The van der Waals surface area contributed by atoms with E-state index >= 15 is 0 Å². The number of benzene rings is 1. The molecule has 358 valence electrons. The Labute approximate surface area is 373 Å². The average molecular weight is 901 g/mol. The maximum Gasteiger partial charge on any atom is 0.326 e. The van der Waals surface area contributed by atoms with Gasteiger partial charge >= 0.3 is 5.97 Å². The molecular formula is C41H72N16O7. The summed E-state index contributed by atoms with van der Waals surface area (Å²) < 4.78 is 0. The zero-order chi connectivity index (χ0) is 47.4. The molecule has 64 heavy (non-hydrogen) atoms. The van der Waals surface area contributed by atoms with Crippen molar-refractivity contribution >= 4 is 58.3 Å². The molecule has 0 aliphatic heterocycles. The maximum absolute atomic E-state index is 14.4. The third-order valence-electron chi connectivity index (χ3n) is 10.3. The molecule has 2 rings (SSSR count). The van der Waals surface area contributed by atoms with Crippen LogP contribution in [0.15, 0.2) is 40.4 Å². The first-order valence-corrected chi connectivity index (χ1v) is 21.9. The number of carbonyl (C=O) groups is 6. The molecule has 0 fully saturated rings. The van der Waals surface area contributed by atoms with Gasteiger partial charge in [-0.15, -0.1) is 0 Å². The normalized spacial score (nSPS) is 13.9. The highest BCUT2D eigenvalue weighted by Crippen LogP contribution is 2.20. The Bertz CT molecular complexity index is 1830. The number of H-pyrrole nitrogens is 1. The number of hydrogen-bond donors (Lipinski definition) is 15. The molecule has 0 aliphatic rings. The minimum Gasteiger partial charge on any atom is -0.480 e. The van der Waals surface area contributed by atoms with Gasteiger partial charge in [0.05, 0.1) is 6.04 Å². The number of aliphatic imine (C=N–C) groups is 2. The second-order valence-electron chi connectivity index (χ2n) is 15.6. The number of fused-ring (bicyclic) bond motifs is 1. The van der Waals surface area contributed by atoms with Gasteiger partial charge in [-0.25, -0.2) is 4.79 Å². The lowest BCUT2D eigenvalue weighted by Gasteiger charge is -2.27. The second kappa shape index (κ2) is 30.1. The molecule has 0 saturated carbocycles. The molecule has 1 aromatic heterocycles. The van der Waals surface area contributed by atoms with Gasteiger partial charge in [0.1, 0.15) is 30.2 Å². The molecule has 6 atom stereocenters. The van der Waals surface area contributed by atoms with Gasteiger partial charge < -0.3 is 82.5 Å². The maximum atomic E-state index is 14.4. The predicted octanol–water partition coefficient (Wildman–Crippen LogP) is -2.96. The van der Waals surface area contributed by atoms with Crippen LogP contribution in [-0.2, 0) is 35.2 Å². The van der Waals surface area contributed by atoms with Crippen LogP contribution in [0, 0.1) is 0 Å². The van der Waals surface area contributed by atoms with Gasteiger partial charge in [0.2, 0.25) is 29.5 Å². The molecule has 0 saturated heterocycles. The highest BCUT2D eigenvalue weighted by atomic mass is 16.4. The second-order valence-corrected chi connectivity index (χ2v) is 15.6. The van der Waals surface area contributed by atoms with Crippen LogP contribution in [0.25, 0.3) is 10.9 Å². The fourth-order valence-electron chi connectivity index (χ4n) is 6.79. The van der Waals surface area contributed by atoms with E-state index < -0.39 is 71.8 Å². The van der Waals surface area contributed by atoms with Crippen LogP contribution in [0.3, 0.4) is 0 Å². The number of rotatable bonds is 33. The lowest BCUT2D eigenvalue weighted by atomic mass is 10.0. The summed E-state index contributed by atoms with van der Waals surface area (Å²) in [5.41, 5.74) is 46.5. The Morgan fingerprint density at radius 2 is 0.953 bits per heavy atom. The van der Waals surface area contributed by atoms with Gasteiger partial charge in [-0.3, -0.25) is 34.0 Å². The van der Waals surface area contributed by atoms with E-state index in [1.807, 2.05) is 24.3 Å². The van der Waals surface area contributed by atoms with Crippen molar-refractivity contribution in [1.29, 1.82) is 0 Å². The highest BCUT2D eigenvalue weighted by Gasteiger charge is 2.33. The number of aliphatic carboxylic acids is 1. The van der Waals surface area contributed by atoms with Crippen LogP contribution in [0.4, 0.5) is 0 Å². The zero-order valence-corrected chi connectivity index (χ0v) is 36.7. The molecule has 23 N–H and O–H groups in total. The van der Waals surface area contributed by atoms with Crippen LogP contribution >= 0.6 is 0 Å². The van der Waals surface area contributed by atoms with Crippen molar-refractivity contribution in [2.24, 2.45) is 55.9 Å². The zero-order valence-electron chi connectivity index (χ0n) is 36.7. The fraction of sp³-hybridized carbons (Fsp3) is 0.610. The summed E-state index contributed by atoms with van der Waals surface area (Å²) in [5.74, 6) is -5.11. The number of para-hydroxylation sites is 1. The number of carbonyl (C=O) groups excluding carboxylic acids is 5. The van der Waals surface area contributed by atoms with Crippen molar-refractivity contribution in [3.63, 3.8) is 0 Å². The van der Waals surface area contributed by atoms with Crippen molar-refractivity contribution in [1.82, 2.24) is 31.6 Å². The Balaban J connectivity index is 2.51. The number of nitrogens with one attached hydrogen (secondary N) is 6. The number of amides is 5. The summed E-state index contributed by atoms with van der Waals surface area (Å²) in [7, 11) is 0. The summed E-state index contributed by atoms with van der Waals surface area (Å²) >= 11 is 0. The van der Waals surface area contributed by atoms with E-state index in [2.05, 4.69) is 41.6 Å². The van der Waals surface area contributed by atoms with Gasteiger partial charge in [-0.05, 0) is 108 Å². The Hall–Kier alpha value is -6.04. The minimum absolute atomic E-state index is 0.00605. The topological polar surface area (TPSA) is 431 Å². The van der Waals surface area contributed by atoms with E-state index in [9.17, 15) is 33.9 Å². The molecule has 1 aromatic carbocycles. The Morgan fingerprint density at radius 3 is 1.44 bits per heavy atom. The van der Waals surface area contributed by atoms with E-state index in [1.54, 1.807) is 6.20 Å². The van der Waals surface area contributed by atoms with E-state index in [1.165, 1.54) is 0 Å². The fourth-order valence-corrected chi connectivity index (χ4v) is 6.79. The molecule has 0 aliphatic carbocycles. The number of aromatic nitrogens is 1. The summed E-state index contributed by atoms with van der Waals surface area (Å²) in [6.07, 6.45) is 5.95. The van der Waals surface area contributed by atoms with Crippen molar-refractivity contribution in [2.75, 3.05) is 32.7 Å². The lowest BCUT2D eigenvalue weighted by Crippen LogP contribution is -2.59. The van der Waals surface area contributed by atoms with Crippen LogP contribution < -0.4 is 72.5 Å². The molecule has 0 bridgehead atoms. The smallest absolute Gasteiger partial charge is 0.326 e. The first kappa shape index (κ1) is 54.1. The van der Waals surface area contributed by atoms with Gasteiger partial charge in [0.25, 0.3) is 0 Å². The highest BCUT2D eigenvalue weighted by molar-refractivity contribution is 5.97. The third kappa shape index (κ3) is 20.4. The van der Waals surface area contributed by atoms with Crippen molar-refractivity contribution in [3.8, 4) is 0 Å². The predicted molar refractivity (Wildman–Crippen MR) is 246 cm³/mol. The SMILES string of the molecule is NCCCC[C@H](NC(=O)[C@H](CCCCN)NC(=O)[C@H](Cc1c[nH]c2ccccc12)NC(=O)[C@H](CCCN=C(N)N)NC(=O)[C@H](CCCN=C(N)N)NC(=O)[C@@H](N)CCCCN)C(=O)O. The van der Waals surface area contributed by atoms with E-state index in [0.717, 1.165) is 10.9 Å². The monoisotopic (exact) mass is 901 g/mol. The van der Waals surface area contributed by atoms with E-state index in [-0.39, 0.29) is 70.0 Å². The largest absolute Gasteiger partial charge is 0.480 e. The first-order chi connectivity index (χ1) is 30.6. The molecule has 5 amide bonds. The van der Waals surface area contributed by atoms with E-state index in [4.69, 9.17) is 45.9 Å². The van der Waals surface area contributed by atoms with Crippen LogP contribution in [-0.4, -0.2) is 126 Å². The standard InChI is InChI=1S/C41H72N16O7/c42-18-6-3-12-27(45)34(58)53-30(16-9-21-50-40(46)47)35(59)54-31(17-10-22-51-41(48)49)37(61)57-33(23-25-24-52-28-13-2-1-11-26(25)28)38(62)55-29(14-4-7-19-43)36(60)56-32(39(63)64)15-5-8-20-44/h1-2,11,13,24,27,29-33,52H,3-10,12,14-23,42-45H2,(H,53,58)(H,54,59)(H,55,62)(H,56,60)(H,57,61)(H,63,64)(H4,46,47,50)(H4,48,49,51)/t27-,29-,30-,31-,32-,33-/m0/s1. The molecule has 0 unspecified atom stereocenters. The molecule has 0 radical (unpaired) electrons. The number of hydrogen-bond acceptors (Lipinski definition) is 12. The number of unbranched alkanes of at least 4 members (excludes halogenated alkanes) is 3.